The van der Waals surface area contributed by atoms with Crippen LogP contribution in [-0.2, 0) is 4.79 Å². The third-order valence-electron chi connectivity index (χ3n) is 5.62. The van der Waals surface area contributed by atoms with E-state index in [1.165, 1.54) is 26.2 Å². The number of benzene rings is 1. The number of anilines is 1. The van der Waals surface area contributed by atoms with E-state index in [0.717, 1.165) is 12.8 Å². The van der Waals surface area contributed by atoms with E-state index in [0.29, 0.717) is 43.2 Å². The topological polar surface area (TPSA) is 78.5 Å². The summed E-state index contributed by atoms with van der Waals surface area (Å²) in [6.07, 6.45) is 7.12. The Morgan fingerprint density at radius 1 is 1.00 bits per heavy atom. The van der Waals surface area contributed by atoms with Crippen molar-refractivity contribution in [3.8, 4) is 0 Å². The first-order chi connectivity index (χ1) is 13.0. The standard InChI is InChI=1S/C21H29N3O3/c1-15(25)17-6-5-9-19(14-17)22-20(26)16-10-12-24(13-11-16)21(27)23-18-7-3-2-4-8-18/h5-6,9,14,16,18H,2-4,7-8,10-13H2,1H3,(H,22,26)(H,23,27). The van der Waals surface area contributed by atoms with Crippen molar-refractivity contribution in [3.63, 3.8) is 0 Å². The number of nitrogens with zero attached hydrogens (tertiary/aromatic N) is 1. The van der Waals surface area contributed by atoms with E-state index in [9.17, 15) is 14.4 Å². The fourth-order valence-corrected chi connectivity index (χ4v) is 3.92. The van der Waals surface area contributed by atoms with Gasteiger partial charge in [0.2, 0.25) is 5.91 Å². The van der Waals surface area contributed by atoms with Crippen LogP contribution in [0.15, 0.2) is 24.3 Å². The number of rotatable bonds is 4. The molecule has 3 amide bonds. The van der Waals surface area contributed by atoms with E-state index in [1.807, 2.05) is 4.90 Å². The van der Waals surface area contributed by atoms with Crippen LogP contribution in [0, 0.1) is 5.92 Å². The zero-order valence-corrected chi connectivity index (χ0v) is 16.0. The van der Waals surface area contributed by atoms with Crippen LogP contribution in [0.5, 0.6) is 0 Å². The molecule has 1 saturated carbocycles. The average Bonchev–Trinajstić information content (AvgIpc) is 2.69. The number of urea groups is 1. The molecular formula is C21H29N3O3. The number of piperidine rings is 1. The molecule has 0 bridgehead atoms. The minimum atomic E-state index is -0.107. The van der Waals surface area contributed by atoms with Gasteiger partial charge in [-0.25, -0.2) is 4.79 Å². The van der Waals surface area contributed by atoms with Crippen LogP contribution in [0.4, 0.5) is 10.5 Å². The van der Waals surface area contributed by atoms with E-state index in [2.05, 4.69) is 10.6 Å². The highest BCUT2D eigenvalue weighted by Crippen LogP contribution is 2.22. The highest BCUT2D eigenvalue weighted by atomic mass is 16.2. The van der Waals surface area contributed by atoms with Crippen LogP contribution in [0.3, 0.4) is 0 Å². The van der Waals surface area contributed by atoms with Crippen molar-refractivity contribution in [2.24, 2.45) is 5.92 Å². The van der Waals surface area contributed by atoms with Gasteiger partial charge in [-0.2, -0.15) is 0 Å². The zero-order chi connectivity index (χ0) is 19.2. The molecule has 1 aliphatic heterocycles. The van der Waals surface area contributed by atoms with E-state index in [-0.39, 0.29) is 23.6 Å². The van der Waals surface area contributed by atoms with Crippen molar-refractivity contribution < 1.29 is 14.4 Å². The van der Waals surface area contributed by atoms with E-state index in [4.69, 9.17) is 0 Å². The fourth-order valence-electron chi connectivity index (χ4n) is 3.92. The van der Waals surface area contributed by atoms with Gasteiger partial charge in [-0.1, -0.05) is 31.4 Å². The Morgan fingerprint density at radius 3 is 2.37 bits per heavy atom. The van der Waals surface area contributed by atoms with Gasteiger partial charge in [-0.3, -0.25) is 9.59 Å². The first-order valence-corrected chi connectivity index (χ1v) is 10.0. The van der Waals surface area contributed by atoms with E-state index in [1.54, 1.807) is 24.3 Å². The van der Waals surface area contributed by atoms with Crippen LogP contribution < -0.4 is 10.6 Å². The molecule has 1 heterocycles. The maximum Gasteiger partial charge on any atom is 0.317 e. The molecule has 146 valence electrons. The Labute approximate surface area is 160 Å². The lowest BCUT2D eigenvalue weighted by Crippen LogP contribution is -2.49. The maximum absolute atomic E-state index is 12.5. The van der Waals surface area contributed by atoms with Crippen molar-refractivity contribution in [2.45, 2.75) is 57.9 Å². The molecule has 1 aromatic rings. The molecule has 2 fully saturated rings. The lowest BCUT2D eigenvalue weighted by atomic mass is 9.95. The summed E-state index contributed by atoms with van der Waals surface area (Å²) in [6.45, 7) is 2.71. The van der Waals surface area contributed by atoms with Gasteiger partial charge in [0.1, 0.15) is 0 Å². The first-order valence-electron chi connectivity index (χ1n) is 10.0. The number of ketones is 1. The minimum Gasteiger partial charge on any atom is -0.335 e. The number of Topliss-reactive ketones (excluding diaryl/α,β-unsaturated/α-hetero) is 1. The molecule has 0 spiro atoms. The first kappa shape index (κ1) is 19.4. The quantitative estimate of drug-likeness (QED) is 0.794. The second kappa shape index (κ2) is 9.02. The second-order valence-corrected chi connectivity index (χ2v) is 7.67. The largest absolute Gasteiger partial charge is 0.335 e. The number of amides is 3. The van der Waals surface area contributed by atoms with E-state index >= 15 is 0 Å². The number of likely N-dealkylation sites (tertiary alicyclic amines) is 1. The predicted molar refractivity (Wildman–Crippen MR) is 105 cm³/mol. The lowest BCUT2D eigenvalue weighted by molar-refractivity contribution is -0.121. The average molecular weight is 371 g/mol. The molecule has 27 heavy (non-hydrogen) atoms. The van der Waals surface area contributed by atoms with Gasteiger partial charge in [0.15, 0.2) is 5.78 Å². The van der Waals surface area contributed by atoms with Gasteiger partial charge in [0.05, 0.1) is 0 Å². The molecule has 1 aromatic carbocycles. The van der Waals surface area contributed by atoms with Crippen LogP contribution >= 0.6 is 0 Å². The van der Waals surface area contributed by atoms with Crippen LogP contribution in [0.25, 0.3) is 0 Å². The summed E-state index contributed by atoms with van der Waals surface area (Å²) in [5.41, 5.74) is 1.23. The van der Waals surface area contributed by atoms with Crippen LogP contribution in [0.1, 0.15) is 62.2 Å². The number of carbonyl (C=O) groups excluding carboxylic acids is 3. The van der Waals surface area contributed by atoms with Crippen LogP contribution in [0.2, 0.25) is 0 Å². The van der Waals surface area contributed by atoms with E-state index < -0.39 is 0 Å². The van der Waals surface area contributed by atoms with Crippen molar-refractivity contribution >= 4 is 23.4 Å². The summed E-state index contributed by atoms with van der Waals surface area (Å²) in [5.74, 6) is -0.170. The Kier molecular flexibility index (Phi) is 6.48. The Hall–Kier alpha value is -2.37. The number of hydrogen-bond donors (Lipinski definition) is 2. The number of carbonyl (C=O) groups is 3. The van der Waals surface area contributed by atoms with Gasteiger partial charge in [0.25, 0.3) is 0 Å². The molecule has 6 nitrogen and oxygen atoms in total. The van der Waals surface area contributed by atoms with Gasteiger partial charge in [0, 0.05) is 36.3 Å². The summed E-state index contributed by atoms with van der Waals surface area (Å²) < 4.78 is 0. The lowest BCUT2D eigenvalue weighted by Gasteiger charge is -2.33. The second-order valence-electron chi connectivity index (χ2n) is 7.67. The van der Waals surface area contributed by atoms with Gasteiger partial charge < -0.3 is 15.5 Å². The number of hydrogen-bond acceptors (Lipinski definition) is 3. The molecule has 3 rings (SSSR count). The summed E-state index contributed by atoms with van der Waals surface area (Å²) in [4.78, 5) is 38.2. The zero-order valence-electron chi connectivity index (χ0n) is 16.0. The molecule has 2 aliphatic rings. The molecule has 0 aromatic heterocycles. The molecule has 0 atom stereocenters. The predicted octanol–water partition coefficient (Wildman–Crippen LogP) is 3.58. The van der Waals surface area contributed by atoms with Gasteiger partial charge in [-0.15, -0.1) is 0 Å². The monoisotopic (exact) mass is 371 g/mol. The van der Waals surface area contributed by atoms with Crippen LogP contribution in [-0.4, -0.2) is 41.8 Å². The van der Waals surface area contributed by atoms with Gasteiger partial charge in [-0.05, 0) is 44.7 Å². The summed E-state index contributed by atoms with van der Waals surface area (Å²) in [5, 5.41) is 6.05. The third kappa shape index (κ3) is 5.31. The van der Waals surface area contributed by atoms with Gasteiger partial charge >= 0.3 is 6.03 Å². The smallest absolute Gasteiger partial charge is 0.317 e. The molecular weight excluding hydrogens is 342 g/mol. The van der Waals surface area contributed by atoms with Crippen molar-refractivity contribution in [3.05, 3.63) is 29.8 Å². The molecule has 6 heteroatoms. The fraction of sp³-hybridized carbons (Fsp3) is 0.571. The van der Waals surface area contributed by atoms with Crippen molar-refractivity contribution in [1.82, 2.24) is 10.2 Å². The molecule has 0 unspecified atom stereocenters. The number of nitrogens with one attached hydrogen (secondary N) is 2. The summed E-state index contributed by atoms with van der Waals surface area (Å²) in [7, 11) is 0. The van der Waals surface area contributed by atoms with Crippen molar-refractivity contribution in [1.29, 1.82) is 0 Å². The SMILES string of the molecule is CC(=O)c1cccc(NC(=O)C2CCN(C(=O)NC3CCCCC3)CC2)c1. The maximum atomic E-state index is 12.5. The summed E-state index contributed by atoms with van der Waals surface area (Å²) >= 11 is 0. The molecule has 0 radical (unpaired) electrons. The highest BCUT2D eigenvalue weighted by molar-refractivity contribution is 5.97. The molecule has 1 saturated heterocycles. The Balaban J connectivity index is 1.46. The third-order valence-corrected chi connectivity index (χ3v) is 5.62. The minimum absolute atomic E-state index is 0.00918. The Bertz CT molecular complexity index is 690. The normalized spacial score (nSPS) is 18.8. The molecule has 2 N–H and O–H groups in total. The Morgan fingerprint density at radius 2 is 1.70 bits per heavy atom. The highest BCUT2D eigenvalue weighted by Gasteiger charge is 2.28. The molecule has 1 aliphatic carbocycles. The summed E-state index contributed by atoms with van der Waals surface area (Å²) in [6, 6.07) is 7.31. The van der Waals surface area contributed by atoms with Crippen molar-refractivity contribution in [2.75, 3.05) is 18.4 Å².